The van der Waals surface area contributed by atoms with Crippen LogP contribution in [0.1, 0.15) is 22.3 Å². The molecule has 0 saturated carbocycles. The van der Waals surface area contributed by atoms with Gasteiger partial charge in [-0.3, -0.25) is 9.69 Å². The number of carbonyl (C=O) groups is 1. The van der Waals surface area contributed by atoms with Crippen molar-refractivity contribution in [1.29, 1.82) is 0 Å². The zero-order chi connectivity index (χ0) is 15.5. The van der Waals surface area contributed by atoms with Crippen LogP contribution >= 0.6 is 0 Å². The Morgan fingerprint density at radius 2 is 1.86 bits per heavy atom. The quantitative estimate of drug-likeness (QED) is 0.942. The second-order valence-electron chi connectivity index (χ2n) is 6.03. The SMILES string of the molecule is Cc1cccc(NC(=O)CN2CCc3ccccc3C2)c1C. The van der Waals surface area contributed by atoms with Crippen LogP contribution in [0.3, 0.4) is 0 Å². The van der Waals surface area contributed by atoms with Crippen molar-refractivity contribution in [3.63, 3.8) is 0 Å². The highest BCUT2D eigenvalue weighted by Crippen LogP contribution is 2.20. The zero-order valence-electron chi connectivity index (χ0n) is 13.2. The van der Waals surface area contributed by atoms with E-state index in [0.717, 1.165) is 30.8 Å². The van der Waals surface area contributed by atoms with E-state index in [1.54, 1.807) is 0 Å². The number of hydrogen-bond donors (Lipinski definition) is 1. The highest BCUT2D eigenvalue weighted by molar-refractivity contribution is 5.93. The van der Waals surface area contributed by atoms with Gasteiger partial charge in [-0.15, -0.1) is 0 Å². The molecule has 1 aliphatic heterocycles. The van der Waals surface area contributed by atoms with Crippen LogP contribution in [0.25, 0.3) is 0 Å². The molecule has 0 unspecified atom stereocenters. The molecule has 0 fully saturated rings. The smallest absolute Gasteiger partial charge is 0.238 e. The fourth-order valence-corrected chi connectivity index (χ4v) is 2.97. The molecule has 0 aliphatic carbocycles. The predicted octanol–water partition coefficient (Wildman–Crippen LogP) is 3.30. The maximum atomic E-state index is 12.3. The summed E-state index contributed by atoms with van der Waals surface area (Å²) < 4.78 is 0. The van der Waals surface area contributed by atoms with Crippen LogP contribution in [0.4, 0.5) is 5.69 Å². The Labute approximate surface area is 132 Å². The average molecular weight is 294 g/mol. The Kier molecular flexibility index (Phi) is 4.25. The molecular formula is C19H22N2O. The summed E-state index contributed by atoms with van der Waals surface area (Å²) in [6, 6.07) is 14.5. The van der Waals surface area contributed by atoms with Gasteiger partial charge in [0.2, 0.25) is 5.91 Å². The number of benzene rings is 2. The number of rotatable bonds is 3. The normalized spacial score (nSPS) is 14.5. The molecule has 0 radical (unpaired) electrons. The van der Waals surface area contributed by atoms with Crippen molar-refractivity contribution >= 4 is 11.6 Å². The Morgan fingerprint density at radius 1 is 1.09 bits per heavy atom. The maximum Gasteiger partial charge on any atom is 0.238 e. The molecule has 0 aromatic heterocycles. The van der Waals surface area contributed by atoms with Gasteiger partial charge in [-0.25, -0.2) is 0 Å². The number of nitrogens with one attached hydrogen (secondary N) is 1. The maximum absolute atomic E-state index is 12.3. The van der Waals surface area contributed by atoms with E-state index in [4.69, 9.17) is 0 Å². The van der Waals surface area contributed by atoms with E-state index in [1.165, 1.54) is 16.7 Å². The number of anilines is 1. The molecule has 0 bridgehead atoms. The lowest BCUT2D eigenvalue weighted by molar-refractivity contribution is -0.117. The minimum absolute atomic E-state index is 0.0630. The van der Waals surface area contributed by atoms with Gasteiger partial charge < -0.3 is 5.32 Å². The van der Waals surface area contributed by atoms with Gasteiger partial charge >= 0.3 is 0 Å². The third-order valence-electron chi connectivity index (χ3n) is 4.46. The van der Waals surface area contributed by atoms with Crippen molar-refractivity contribution in [3.8, 4) is 0 Å². The van der Waals surface area contributed by atoms with Crippen LogP contribution in [0.2, 0.25) is 0 Å². The number of aryl methyl sites for hydroxylation is 1. The summed E-state index contributed by atoms with van der Waals surface area (Å²) in [5.74, 6) is 0.0630. The molecule has 0 atom stereocenters. The molecule has 3 rings (SSSR count). The second kappa shape index (κ2) is 6.32. The van der Waals surface area contributed by atoms with Crippen molar-refractivity contribution in [2.45, 2.75) is 26.8 Å². The van der Waals surface area contributed by atoms with E-state index >= 15 is 0 Å². The monoisotopic (exact) mass is 294 g/mol. The van der Waals surface area contributed by atoms with Crippen LogP contribution in [-0.4, -0.2) is 23.9 Å². The molecule has 114 valence electrons. The summed E-state index contributed by atoms with van der Waals surface area (Å²) in [7, 11) is 0. The van der Waals surface area contributed by atoms with Gasteiger partial charge in [-0.1, -0.05) is 36.4 Å². The molecule has 1 aliphatic rings. The second-order valence-corrected chi connectivity index (χ2v) is 6.03. The van der Waals surface area contributed by atoms with Crippen molar-refractivity contribution in [1.82, 2.24) is 4.90 Å². The van der Waals surface area contributed by atoms with Crippen molar-refractivity contribution in [2.24, 2.45) is 0 Å². The van der Waals surface area contributed by atoms with Gasteiger partial charge in [0.25, 0.3) is 0 Å². The van der Waals surface area contributed by atoms with Crippen molar-refractivity contribution in [3.05, 3.63) is 64.7 Å². The molecule has 1 heterocycles. The van der Waals surface area contributed by atoms with Crippen LogP contribution in [0.5, 0.6) is 0 Å². The Morgan fingerprint density at radius 3 is 2.68 bits per heavy atom. The minimum Gasteiger partial charge on any atom is -0.325 e. The van der Waals surface area contributed by atoms with E-state index in [-0.39, 0.29) is 5.91 Å². The van der Waals surface area contributed by atoms with Crippen molar-refractivity contribution in [2.75, 3.05) is 18.4 Å². The predicted molar refractivity (Wildman–Crippen MR) is 90.0 cm³/mol. The van der Waals surface area contributed by atoms with Crippen LogP contribution in [0.15, 0.2) is 42.5 Å². The molecule has 2 aromatic carbocycles. The fourth-order valence-electron chi connectivity index (χ4n) is 2.97. The number of hydrogen-bond acceptors (Lipinski definition) is 2. The Bertz CT molecular complexity index is 694. The highest BCUT2D eigenvalue weighted by Gasteiger charge is 2.18. The number of nitrogens with zero attached hydrogens (tertiary/aromatic N) is 1. The third-order valence-corrected chi connectivity index (χ3v) is 4.46. The van der Waals surface area contributed by atoms with Gasteiger partial charge in [0.15, 0.2) is 0 Å². The van der Waals surface area contributed by atoms with E-state index < -0.39 is 0 Å². The van der Waals surface area contributed by atoms with E-state index in [1.807, 2.05) is 19.1 Å². The summed E-state index contributed by atoms with van der Waals surface area (Å²) in [6.07, 6.45) is 1.02. The summed E-state index contributed by atoms with van der Waals surface area (Å²) in [4.78, 5) is 14.5. The molecule has 22 heavy (non-hydrogen) atoms. The molecule has 0 saturated heterocycles. The van der Waals surface area contributed by atoms with E-state index in [0.29, 0.717) is 6.54 Å². The van der Waals surface area contributed by atoms with E-state index in [2.05, 4.69) is 47.5 Å². The van der Waals surface area contributed by atoms with E-state index in [9.17, 15) is 4.79 Å². The van der Waals surface area contributed by atoms with Crippen LogP contribution < -0.4 is 5.32 Å². The van der Waals surface area contributed by atoms with Gasteiger partial charge in [0.05, 0.1) is 6.54 Å². The fraction of sp³-hybridized carbons (Fsp3) is 0.316. The molecule has 3 heteroatoms. The molecule has 1 N–H and O–H groups in total. The summed E-state index contributed by atoms with van der Waals surface area (Å²) >= 11 is 0. The summed E-state index contributed by atoms with van der Waals surface area (Å²) in [6.45, 7) is 6.35. The number of carbonyl (C=O) groups excluding carboxylic acids is 1. The first-order valence-corrected chi connectivity index (χ1v) is 7.78. The Hall–Kier alpha value is -2.13. The lowest BCUT2D eigenvalue weighted by Crippen LogP contribution is -2.37. The van der Waals surface area contributed by atoms with Gasteiger partial charge in [0, 0.05) is 18.8 Å². The topological polar surface area (TPSA) is 32.3 Å². The Balaban J connectivity index is 1.62. The van der Waals surface area contributed by atoms with Gasteiger partial charge in [-0.2, -0.15) is 0 Å². The third kappa shape index (κ3) is 3.20. The van der Waals surface area contributed by atoms with Gasteiger partial charge in [0.1, 0.15) is 0 Å². The lowest BCUT2D eigenvalue weighted by Gasteiger charge is -2.28. The van der Waals surface area contributed by atoms with Gasteiger partial charge in [-0.05, 0) is 48.6 Å². The zero-order valence-corrected chi connectivity index (χ0v) is 13.2. The first-order chi connectivity index (χ1) is 10.6. The summed E-state index contributed by atoms with van der Waals surface area (Å²) in [5.41, 5.74) is 6.01. The highest BCUT2D eigenvalue weighted by atomic mass is 16.2. The lowest BCUT2D eigenvalue weighted by atomic mass is 10.00. The number of fused-ring (bicyclic) bond motifs is 1. The minimum atomic E-state index is 0.0630. The van der Waals surface area contributed by atoms with Crippen LogP contribution in [0, 0.1) is 13.8 Å². The van der Waals surface area contributed by atoms with Crippen LogP contribution in [-0.2, 0) is 17.8 Å². The molecule has 0 spiro atoms. The standard InChI is InChI=1S/C19H22N2O/c1-14-6-5-9-18(15(14)2)20-19(22)13-21-11-10-16-7-3-4-8-17(16)12-21/h3-9H,10-13H2,1-2H3,(H,20,22). The molecule has 2 aromatic rings. The molecule has 1 amide bonds. The molecular weight excluding hydrogens is 272 g/mol. The van der Waals surface area contributed by atoms with Crippen molar-refractivity contribution < 1.29 is 4.79 Å². The first-order valence-electron chi connectivity index (χ1n) is 7.78. The number of amides is 1. The summed E-state index contributed by atoms with van der Waals surface area (Å²) in [5, 5.41) is 3.04. The average Bonchev–Trinajstić information content (AvgIpc) is 2.52. The molecule has 3 nitrogen and oxygen atoms in total. The first kappa shape index (κ1) is 14.8. The largest absolute Gasteiger partial charge is 0.325 e.